The molecule has 0 heterocycles. The summed E-state index contributed by atoms with van der Waals surface area (Å²) in [6, 6.07) is 16.0. The Labute approximate surface area is 155 Å². The van der Waals surface area contributed by atoms with Gasteiger partial charge in [0.25, 0.3) is 0 Å². The first-order valence-electron chi connectivity index (χ1n) is 9.11. The van der Waals surface area contributed by atoms with Crippen molar-refractivity contribution in [3.8, 4) is 5.75 Å². The molecular weight excluding hydrogens is 326 g/mol. The maximum absolute atomic E-state index is 11.1. The Bertz CT molecular complexity index is 775. The topological polar surface area (TPSA) is 65.9 Å². The van der Waals surface area contributed by atoms with Crippen molar-refractivity contribution in [3.63, 3.8) is 0 Å². The fourth-order valence-corrected chi connectivity index (χ4v) is 3.42. The summed E-state index contributed by atoms with van der Waals surface area (Å²) in [5, 5.41) is 17.6. The van der Waals surface area contributed by atoms with Crippen LogP contribution in [0.2, 0.25) is 0 Å². The van der Waals surface area contributed by atoms with Gasteiger partial charge in [0.15, 0.2) is 5.96 Å². The van der Waals surface area contributed by atoms with E-state index in [0.29, 0.717) is 19.0 Å². The summed E-state index contributed by atoms with van der Waals surface area (Å²) in [5.74, 6) is 1.52. The van der Waals surface area contributed by atoms with Gasteiger partial charge in [-0.15, -0.1) is 0 Å². The van der Waals surface area contributed by atoms with E-state index in [1.54, 1.807) is 7.11 Å². The van der Waals surface area contributed by atoms with Crippen LogP contribution in [0.3, 0.4) is 0 Å². The van der Waals surface area contributed by atoms with Crippen LogP contribution < -0.4 is 15.4 Å². The number of nitrogens with one attached hydrogen (secondary N) is 2. The molecule has 2 aromatic carbocycles. The summed E-state index contributed by atoms with van der Waals surface area (Å²) >= 11 is 0. The van der Waals surface area contributed by atoms with E-state index in [1.165, 1.54) is 5.56 Å². The van der Waals surface area contributed by atoms with Crippen molar-refractivity contribution in [1.82, 2.24) is 10.6 Å². The highest BCUT2D eigenvalue weighted by atomic mass is 16.5. The van der Waals surface area contributed by atoms with Gasteiger partial charge in [-0.2, -0.15) is 0 Å². The van der Waals surface area contributed by atoms with Crippen LogP contribution in [0.4, 0.5) is 0 Å². The Morgan fingerprint density at radius 1 is 1.15 bits per heavy atom. The number of methoxy groups -OCH3 is 1. The largest absolute Gasteiger partial charge is 0.496 e. The third kappa shape index (κ3) is 3.99. The van der Waals surface area contributed by atoms with E-state index in [-0.39, 0.29) is 0 Å². The smallest absolute Gasteiger partial charge is 0.191 e. The highest BCUT2D eigenvalue weighted by Crippen LogP contribution is 2.36. The molecule has 5 heteroatoms. The molecule has 0 bridgehead atoms. The number of fused-ring (bicyclic) bond motifs is 1. The maximum atomic E-state index is 11.1. The van der Waals surface area contributed by atoms with Gasteiger partial charge in [0.2, 0.25) is 0 Å². The molecule has 0 radical (unpaired) electrons. The van der Waals surface area contributed by atoms with Crippen LogP contribution in [0.1, 0.15) is 30.0 Å². The van der Waals surface area contributed by atoms with Gasteiger partial charge in [0.05, 0.1) is 20.2 Å². The number of ether oxygens (including phenoxy) is 1. The lowest BCUT2D eigenvalue weighted by atomic mass is 9.96. The van der Waals surface area contributed by atoms with Crippen LogP contribution in [0.5, 0.6) is 5.75 Å². The van der Waals surface area contributed by atoms with Gasteiger partial charge < -0.3 is 20.5 Å². The molecule has 3 N–H and O–H groups in total. The minimum absolute atomic E-state index is 0.432. The molecule has 0 aliphatic heterocycles. The van der Waals surface area contributed by atoms with E-state index in [9.17, 15) is 5.11 Å². The predicted octanol–water partition coefficient (Wildman–Crippen LogP) is 2.58. The summed E-state index contributed by atoms with van der Waals surface area (Å²) in [6.45, 7) is 3.72. The minimum Gasteiger partial charge on any atom is -0.496 e. The average molecular weight is 353 g/mol. The predicted molar refractivity (Wildman–Crippen MR) is 104 cm³/mol. The fraction of sp³-hybridized carbons (Fsp3) is 0.381. The number of hydrogen-bond acceptors (Lipinski definition) is 3. The first kappa shape index (κ1) is 18.3. The molecular formula is C21H27N3O2. The van der Waals surface area contributed by atoms with Crippen LogP contribution in [-0.4, -0.2) is 31.3 Å². The quantitative estimate of drug-likeness (QED) is 0.552. The number of aliphatic imine (C=N–C) groups is 1. The Hall–Kier alpha value is -2.53. The van der Waals surface area contributed by atoms with Crippen molar-refractivity contribution >= 4 is 5.96 Å². The second-order valence-electron chi connectivity index (χ2n) is 6.55. The number of aryl methyl sites for hydroxylation is 1. The standard InChI is InChI=1S/C21H27N3O2/c1-3-22-20(23-14-17-9-5-7-11-19(17)26-2)24-15-21(25)13-12-16-8-4-6-10-18(16)21/h4-11,25H,3,12-15H2,1-2H3,(H2,22,23,24). The number of hydrogen-bond donors (Lipinski definition) is 3. The van der Waals surface area contributed by atoms with Gasteiger partial charge in [-0.1, -0.05) is 42.5 Å². The normalized spacial score (nSPS) is 19.1. The zero-order chi connectivity index (χ0) is 18.4. The first-order chi connectivity index (χ1) is 12.7. The van der Waals surface area contributed by atoms with E-state index in [2.05, 4.69) is 21.7 Å². The Morgan fingerprint density at radius 2 is 1.92 bits per heavy atom. The van der Waals surface area contributed by atoms with Crippen LogP contribution in [0.25, 0.3) is 0 Å². The fourth-order valence-electron chi connectivity index (χ4n) is 3.42. The number of aliphatic hydroxyl groups is 1. The van der Waals surface area contributed by atoms with Gasteiger partial charge in [0.1, 0.15) is 11.4 Å². The van der Waals surface area contributed by atoms with Crippen molar-refractivity contribution in [1.29, 1.82) is 0 Å². The summed E-state index contributed by atoms with van der Waals surface area (Å²) < 4.78 is 5.38. The molecule has 0 fully saturated rings. The highest BCUT2D eigenvalue weighted by molar-refractivity contribution is 5.80. The molecule has 0 saturated heterocycles. The Balaban J connectivity index is 1.69. The van der Waals surface area contributed by atoms with Crippen LogP contribution >= 0.6 is 0 Å². The van der Waals surface area contributed by atoms with Gasteiger partial charge in [-0.05, 0) is 37.0 Å². The van der Waals surface area contributed by atoms with Gasteiger partial charge in [0, 0.05) is 12.1 Å². The molecule has 0 amide bonds. The molecule has 1 aliphatic carbocycles. The summed E-state index contributed by atoms with van der Waals surface area (Å²) in [4.78, 5) is 4.64. The van der Waals surface area contributed by atoms with E-state index in [4.69, 9.17) is 4.74 Å². The van der Waals surface area contributed by atoms with Crippen molar-refractivity contribution in [3.05, 3.63) is 65.2 Å². The van der Waals surface area contributed by atoms with Crippen molar-refractivity contribution in [2.75, 3.05) is 20.2 Å². The molecule has 3 rings (SSSR count). The second kappa shape index (κ2) is 8.23. The minimum atomic E-state index is -0.850. The third-order valence-corrected chi connectivity index (χ3v) is 4.82. The van der Waals surface area contributed by atoms with E-state index in [0.717, 1.165) is 36.3 Å². The summed E-state index contributed by atoms with van der Waals surface area (Å²) in [7, 11) is 1.67. The van der Waals surface area contributed by atoms with E-state index < -0.39 is 5.60 Å². The third-order valence-electron chi connectivity index (χ3n) is 4.82. The van der Waals surface area contributed by atoms with Gasteiger partial charge >= 0.3 is 0 Å². The number of rotatable bonds is 6. The lowest BCUT2D eigenvalue weighted by molar-refractivity contribution is 0.0432. The zero-order valence-electron chi connectivity index (χ0n) is 15.5. The average Bonchev–Trinajstić information content (AvgIpc) is 3.02. The lowest BCUT2D eigenvalue weighted by Gasteiger charge is -2.25. The molecule has 1 unspecified atom stereocenters. The van der Waals surface area contributed by atoms with Gasteiger partial charge in [-0.3, -0.25) is 0 Å². The van der Waals surface area contributed by atoms with Crippen LogP contribution in [0, 0.1) is 0 Å². The lowest BCUT2D eigenvalue weighted by Crippen LogP contribution is -2.45. The molecule has 138 valence electrons. The number of guanidine groups is 1. The highest BCUT2D eigenvalue weighted by Gasteiger charge is 2.36. The van der Waals surface area contributed by atoms with Crippen molar-refractivity contribution in [2.45, 2.75) is 31.9 Å². The molecule has 1 aliphatic rings. The molecule has 2 aromatic rings. The number of para-hydroxylation sites is 1. The summed E-state index contributed by atoms with van der Waals surface area (Å²) in [5.41, 5.74) is 2.43. The SMILES string of the molecule is CCNC(=NCc1ccccc1OC)NCC1(O)CCc2ccccc21. The molecule has 0 aromatic heterocycles. The molecule has 0 saturated carbocycles. The first-order valence-corrected chi connectivity index (χ1v) is 9.11. The van der Waals surface area contributed by atoms with E-state index in [1.807, 2.05) is 49.4 Å². The van der Waals surface area contributed by atoms with Crippen LogP contribution in [0.15, 0.2) is 53.5 Å². The van der Waals surface area contributed by atoms with Crippen LogP contribution in [-0.2, 0) is 18.6 Å². The summed E-state index contributed by atoms with van der Waals surface area (Å²) in [6.07, 6.45) is 1.63. The Kier molecular flexibility index (Phi) is 5.78. The number of benzene rings is 2. The monoisotopic (exact) mass is 353 g/mol. The number of nitrogens with zero attached hydrogens (tertiary/aromatic N) is 1. The van der Waals surface area contributed by atoms with E-state index >= 15 is 0 Å². The molecule has 0 spiro atoms. The maximum Gasteiger partial charge on any atom is 0.191 e. The molecule has 1 atom stereocenters. The zero-order valence-corrected chi connectivity index (χ0v) is 15.5. The molecule has 5 nitrogen and oxygen atoms in total. The second-order valence-corrected chi connectivity index (χ2v) is 6.55. The van der Waals surface area contributed by atoms with Crippen molar-refractivity contribution in [2.24, 2.45) is 4.99 Å². The van der Waals surface area contributed by atoms with Gasteiger partial charge in [-0.25, -0.2) is 4.99 Å². The molecule has 26 heavy (non-hydrogen) atoms. The van der Waals surface area contributed by atoms with Crippen molar-refractivity contribution < 1.29 is 9.84 Å². The Morgan fingerprint density at radius 3 is 2.73 bits per heavy atom.